The predicted octanol–water partition coefficient (Wildman–Crippen LogP) is 3.04. The third-order valence-electron chi connectivity index (χ3n) is 3.03. The Morgan fingerprint density at radius 1 is 1.15 bits per heavy atom. The van der Waals surface area contributed by atoms with Gasteiger partial charge in [0.05, 0.1) is 0 Å². The molecule has 0 bridgehead atoms. The number of benzene rings is 1. The van der Waals surface area contributed by atoms with Crippen molar-refractivity contribution in [2.24, 2.45) is 5.92 Å². The van der Waals surface area contributed by atoms with Gasteiger partial charge in [-0.15, -0.1) is 0 Å². The molecule has 0 spiro atoms. The second-order valence-corrected chi connectivity index (χ2v) is 5.44. The molecule has 0 fully saturated rings. The molecular weight excluding hydrogens is 256 g/mol. The molecule has 1 aromatic rings. The average molecular weight is 278 g/mol. The molecule has 0 aliphatic carbocycles. The first-order chi connectivity index (χ1) is 9.31. The number of carboxylic acids is 1. The largest absolute Gasteiger partial charge is 0.480 e. The zero-order chi connectivity index (χ0) is 15.3. The van der Waals surface area contributed by atoms with Crippen LogP contribution < -0.4 is 10.6 Å². The van der Waals surface area contributed by atoms with E-state index in [2.05, 4.69) is 24.5 Å². The Balaban J connectivity index is 2.71. The van der Waals surface area contributed by atoms with Crippen molar-refractivity contribution in [3.05, 3.63) is 29.8 Å². The highest BCUT2D eigenvalue weighted by Gasteiger charge is 2.23. The van der Waals surface area contributed by atoms with Gasteiger partial charge in [0, 0.05) is 5.69 Å². The standard InChI is InChI=1S/C15H22N2O3/c1-9(2)11-6-5-7-12(8-11)16-15(20)17-13(10(3)4)14(18)19/h5-10,13H,1-4H3,(H,18,19)(H2,16,17,20). The molecule has 0 aromatic heterocycles. The number of carbonyl (C=O) groups excluding carboxylic acids is 1. The number of nitrogens with one attached hydrogen (secondary N) is 2. The molecule has 2 amide bonds. The number of rotatable bonds is 5. The molecule has 110 valence electrons. The number of anilines is 1. The van der Waals surface area contributed by atoms with Gasteiger partial charge in [0.1, 0.15) is 6.04 Å². The van der Waals surface area contributed by atoms with Crippen LogP contribution in [0.25, 0.3) is 0 Å². The number of urea groups is 1. The number of hydrogen-bond acceptors (Lipinski definition) is 2. The summed E-state index contributed by atoms with van der Waals surface area (Å²) in [5, 5.41) is 14.2. The van der Waals surface area contributed by atoms with Crippen molar-refractivity contribution < 1.29 is 14.7 Å². The van der Waals surface area contributed by atoms with Gasteiger partial charge in [-0.2, -0.15) is 0 Å². The highest BCUT2D eigenvalue weighted by Crippen LogP contribution is 2.18. The zero-order valence-electron chi connectivity index (χ0n) is 12.3. The molecular formula is C15H22N2O3. The fourth-order valence-electron chi connectivity index (χ4n) is 1.80. The Kier molecular flexibility index (Phi) is 5.55. The lowest BCUT2D eigenvalue weighted by atomic mass is 10.0. The van der Waals surface area contributed by atoms with E-state index in [9.17, 15) is 9.59 Å². The Bertz CT molecular complexity index is 484. The number of carbonyl (C=O) groups is 2. The summed E-state index contributed by atoms with van der Waals surface area (Å²) in [6, 6.07) is 6.10. The van der Waals surface area contributed by atoms with Gasteiger partial charge < -0.3 is 15.7 Å². The third-order valence-corrected chi connectivity index (χ3v) is 3.03. The molecule has 3 N–H and O–H groups in total. The molecule has 0 saturated carbocycles. The van der Waals surface area contributed by atoms with Crippen molar-refractivity contribution in [2.75, 3.05) is 5.32 Å². The van der Waals surface area contributed by atoms with Gasteiger partial charge in [0.25, 0.3) is 0 Å². The fraction of sp³-hybridized carbons (Fsp3) is 0.467. The van der Waals surface area contributed by atoms with Gasteiger partial charge >= 0.3 is 12.0 Å². The fourth-order valence-corrected chi connectivity index (χ4v) is 1.80. The molecule has 5 nitrogen and oxygen atoms in total. The molecule has 1 rings (SSSR count). The quantitative estimate of drug-likeness (QED) is 0.774. The lowest BCUT2D eigenvalue weighted by Crippen LogP contribution is -2.46. The van der Waals surface area contributed by atoms with Crippen molar-refractivity contribution in [1.29, 1.82) is 0 Å². The van der Waals surface area contributed by atoms with E-state index in [1.165, 1.54) is 0 Å². The predicted molar refractivity (Wildman–Crippen MR) is 78.9 cm³/mol. The molecule has 0 heterocycles. The summed E-state index contributed by atoms with van der Waals surface area (Å²) < 4.78 is 0. The van der Waals surface area contributed by atoms with Crippen LogP contribution in [0.5, 0.6) is 0 Å². The van der Waals surface area contributed by atoms with E-state index in [4.69, 9.17) is 5.11 Å². The van der Waals surface area contributed by atoms with Crippen molar-refractivity contribution >= 4 is 17.7 Å². The van der Waals surface area contributed by atoms with Crippen LogP contribution in [0.4, 0.5) is 10.5 Å². The topological polar surface area (TPSA) is 78.4 Å². The van der Waals surface area contributed by atoms with Crippen LogP contribution in [-0.4, -0.2) is 23.1 Å². The summed E-state index contributed by atoms with van der Waals surface area (Å²) in [6.07, 6.45) is 0. The maximum atomic E-state index is 11.8. The number of aliphatic carboxylic acids is 1. The van der Waals surface area contributed by atoms with Gasteiger partial charge in [0.15, 0.2) is 0 Å². The number of amides is 2. The van der Waals surface area contributed by atoms with E-state index >= 15 is 0 Å². The van der Waals surface area contributed by atoms with E-state index < -0.39 is 18.0 Å². The van der Waals surface area contributed by atoms with Gasteiger partial charge in [0.2, 0.25) is 0 Å². The lowest BCUT2D eigenvalue weighted by Gasteiger charge is -2.18. The van der Waals surface area contributed by atoms with Crippen LogP contribution in [0.3, 0.4) is 0 Å². The van der Waals surface area contributed by atoms with Crippen LogP contribution in [0.1, 0.15) is 39.2 Å². The molecule has 1 atom stereocenters. The molecule has 1 aromatic carbocycles. The summed E-state index contributed by atoms with van der Waals surface area (Å²) in [6.45, 7) is 7.63. The van der Waals surface area contributed by atoms with Crippen LogP contribution in [-0.2, 0) is 4.79 Å². The summed E-state index contributed by atoms with van der Waals surface area (Å²) in [4.78, 5) is 22.9. The molecule has 0 saturated heterocycles. The van der Waals surface area contributed by atoms with E-state index in [-0.39, 0.29) is 5.92 Å². The SMILES string of the molecule is CC(C)c1cccc(NC(=O)NC(C(=O)O)C(C)C)c1. The molecule has 0 aliphatic rings. The molecule has 0 radical (unpaired) electrons. The van der Waals surface area contributed by atoms with Crippen molar-refractivity contribution in [1.82, 2.24) is 5.32 Å². The van der Waals surface area contributed by atoms with Crippen LogP contribution >= 0.6 is 0 Å². The maximum Gasteiger partial charge on any atom is 0.326 e. The van der Waals surface area contributed by atoms with Crippen LogP contribution in [0.2, 0.25) is 0 Å². The molecule has 1 unspecified atom stereocenters. The zero-order valence-corrected chi connectivity index (χ0v) is 12.3. The van der Waals surface area contributed by atoms with E-state index in [0.717, 1.165) is 5.56 Å². The smallest absolute Gasteiger partial charge is 0.326 e. The van der Waals surface area contributed by atoms with Gasteiger partial charge in [-0.25, -0.2) is 9.59 Å². The van der Waals surface area contributed by atoms with Crippen molar-refractivity contribution in [3.8, 4) is 0 Å². The summed E-state index contributed by atoms with van der Waals surface area (Å²) in [7, 11) is 0. The second kappa shape index (κ2) is 6.93. The summed E-state index contributed by atoms with van der Waals surface area (Å²) in [5.74, 6) is -0.853. The number of carboxylic acid groups (broad SMARTS) is 1. The minimum atomic E-state index is -1.04. The van der Waals surface area contributed by atoms with E-state index in [0.29, 0.717) is 11.6 Å². The average Bonchev–Trinajstić information content (AvgIpc) is 2.35. The normalized spacial score (nSPS) is 12.3. The first-order valence-corrected chi connectivity index (χ1v) is 6.71. The Labute approximate surface area is 119 Å². The van der Waals surface area contributed by atoms with Gasteiger partial charge in [-0.05, 0) is 29.5 Å². The molecule has 20 heavy (non-hydrogen) atoms. The summed E-state index contributed by atoms with van der Waals surface area (Å²) in [5.41, 5.74) is 1.77. The maximum absolute atomic E-state index is 11.8. The van der Waals surface area contributed by atoms with Gasteiger partial charge in [-0.1, -0.05) is 39.8 Å². The first kappa shape index (κ1) is 16.0. The Morgan fingerprint density at radius 2 is 1.80 bits per heavy atom. The minimum Gasteiger partial charge on any atom is -0.480 e. The Hall–Kier alpha value is -2.04. The third kappa shape index (κ3) is 4.57. The Morgan fingerprint density at radius 3 is 2.30 bits per heavy atom. The highest BCUT2D eigenvalue weighted by atomic mass is 16.4. The van der Waals surface area contributed by atoms with Gasteiger partial charge in [-0.3, -0.25) is 0 Å². The highest BCUT2D eigenvalue weighted by molar-refractivity contribution is 5.92. The van der Waals surface area contributed by atoms with Crippen LogP contribution in [0.15, 0.2) is 24.3 Å². The van der Waals surface area contributed by atoms with Crippen LogP contribution in [0, 0.1) is 5.92 Å². The van der Waals surface area contributed by atoms with Crippen molar-refractivity contribution in [2.45, 2.75) is 39.7 Å². The van der Waals surface area contributed by atoms with E-state index in [1.807, 2.05) is 18.2 Å². The minimum absolute atomic E-state index is 0.180. The lowest BCUT2D eigenvalue weighted by molar-refractivity contribution is -0.140. The van der Waals surface area contributed by atoms with E-state index in [1.54, 1.807) is 19.9 Å². The first-order valence-electron chi connectivity index (χ1n) is 6.71. The molecule has 5 heteroatoms. The second-order valence-electron chi connectivity index (χ2n) is 5.44. The summed E-state index contributed by atoms with van der Waals surface area (Å²) >= 11 is 0. The van der Waals surface area contributed by atoms with Crippen molar-refractivity contribution in [3.63, 3.8) is 0 Å². The number of hydrogen-bond donors (Lipinski definition) is 3. The molecule has 0 aliphatic heterocycles. The monoisotopic (exact) mass is 278 g/mol.